The Morgan fingerprint density at radius 2 is 2.06 bits per heavy atom. The number of hydrogen-bond acceptors (Lipinski definition) is 4. The normalized spacial score (nSPS) is 10.8. The van der Waals surface area contributed by atoms with Crippen molar-refractivity contribution < 1.29 is 4.92 Å². The van der Waals surface area contributed by atoms with Crippen LogP contribution in [-0.4, -0.2) is 19.9 Å². The minimum Gasteiger partial charge on any atom is -0.259 e. The molecule has 0 bridgehead atoms. The Bertz CT molecular complexity index is 519. The Balaban J connectivity index is 2.23. The van der Waals surface area contributed by atoms with Crippen LogP contribution in [0.15, 0.2) is 42.7 Å². The molecule has 16 heavy (non-hydrogen) atoms. The molecule has 0 unspecified atom stereocenters. The standard InChI is InChI=1S/C10H8N4O2/c15-13(16)7-6-9-8-11-14(12-9)10-4-2-1-3-5-10/h1-8H. The fourth-order valence-corrected chi connectivity index (χ4v) is 1.17. The number of para-hydroxylation sites is 1. The van der Waals surface area contributed by atoms with Gasteiger partial charge in [0.25, 0.3) is 0 Å². The smallest absolute Gasteiger partial charge is 0.236 e. The van der Waals surface area contributed by atoms with Crippen LogP contribution < -0.4 is 0 Å². The van der Waals surface area contributed by atoms with Crippen molar-refractivity contribution in [3.05, 3.63) is 58.5 Å². The van der Waals surface area contributed by atoms with E-state index in [2.05, 4.69) is 10.2 Å². The number of nitrogens with zero attached hydrogens (tertiary/aromatic N) is 4. The molecule has 0 radical (unpaired) electrons. The Morgan fingerprint density at radius 1 is 1.31 bits per heavy atom. The summed E-state index contributed by atoms with van der Waals surface area (Å²) in [5.74, 6) is 0. The van der Waals surface area contributed by atoms with E-state index in [0.717, 1.165) is 11.9 Å². The summed E-state index contributed by atoms with van der Waals surface area (Å²) in [5, 5.41) is 18.2. The van der Waals surface area contributed by atoms with Gasteiger partial charge in [0.2, 0.25) is 6.20 Å². The first-order valence-corrected chi connectivity index (χ1v) is 4.55. The number of aromatic nitrogens is 3. The second kappa shape index (κ2) is 4.35. The van der Waals surface area contributed by atoms with Crippen LogP contribution in [-0.2, 0) is 0 Å². The van der Waals surface area contributed by atoms with Crippen LogP contribution in [0.4, 0.5) is 0 Å². The Labute approximate surface area is 91.0 Å². The minimum atomic E-state index is -0.540. The molecule has 0 atom stereocenters. The highest BCUT2D eigenvalue weighted by Gasteiger charge is 2.00. The molecule has 6 nitrogen and oxygen atoms in total. The van der Waals surface area contributed by atoms with Crippen LogP contribution in [0, 0.1) is 10.1 Å². The lowest BCUT2D eigenvalue weighted by molar-refractivity contribution is -0.401. The molecule has 1 aromatic carbocycles. The largest absolute Gasteiger partial charge is 0.259 e. The molecule has 1 aromatic heterocycles. The molecule has 0 aliphatic rings. The van der Waals surface area contributed by atoms with Crippen LogP contribution in [0.3, 0.4) is 0 Å². The zero-order chi connectivity index (χ0) is 11.4. The average molecular weight is 216 g/mol. The molecule has 1 heterocycles. The van der Waals surface area contributed by atoms with E-state index in [-0.39, 0.29) is 0 Å². The van der Waals surface area contributed by atoms with Crippen LogP contribution in [0.25, 0.3) is 11.8 Å². The molecule has 0 saturated carbocycles. The summed E-state index contributed by atoms with van der Waals surface area (Å²) in [6.07, 6.45) is 3.60. The van der Waals surface area contributed by atoms with Crippen LogP contribution in [0.1, 0.15) is 5.69 Å². The first-order valence-electron chi connectivity index (χ1n) is 4.55. The molecule has 0 aliphatic heterocycles. The van der Waals surface area contributed by atoms with Crippen LogP contribution in [0.2, 0.25) is 0 Å². The topological polar surface area (TPSA) is 73.8 Å². The molecule has 6 heteroatoms. The van der Waals surface area contributed by atoms with Gasteiger partial charge in [-0.3, -0.25) is 10.1 Å². The fourth-order valence-electron chi connectivity index (χ4n) is 1.17. The summed E-state index contributed by atoms with van der Waals surface area (Å²) in [6.45, 7) is 0. The third-order valence-corrected chi connectivity index (χ3v) is 1.86. The van der Waals surface area contributed by atoms with Gasteiger partial charge in [-0.05, 0) is 12.1 Å². The van der Waals surface area contributed by atoms with Gasteiger partial charge in [-0.25, -0.2) is 0 Å². The molecule has 0 spiro atoms. The second-order valence-electron chi connectivity index (χ2n) is 3.00. The van der Waals surface area contributed by atoms with Gasteiger partial charge in [0.05, 0.1) is 16.8 Å². The zero-order valence-electron chi connectivity index (χ0n) is 8.22. The zero-order valence-corrected chi connectivity index (χ0v) is 8.22. The van der Waals surface area contributed by atoms with Crippen molar-refractivity contribution >= 4 is 6.08 Å². The van der Waals surface area contributed by atoms with Gasteiger partial charge < -0.3 is 0 Å². The SMILES string of the molecule is O=[N+]([O-])C=Cc1cnn(-c2ccccc2)n1. The third kappa shape index (κ3) is 2.30. The van der Waals surface area contributed by atoms with E-state index in [4.69, 9.17) is 0 Å². The van der Waals surface area contributed by atoms with Crippen molar-refractivity contribution in [1.29, 1.82) is 0 Å². The molecule has 0 amide bonds. The Morgan fingerprint density at radius 3 is 2.75 bits per heavy atom. The van der Waals surface area contributed by atoms with Crippen LogP contribution >= 0.6 is 0 Å². The predicted octanol–water partition coefficient (Wildman–Crippen LogP) is 1.51. The van der Waals surface area contributed by atoms with E-state index in [9.17, 15) is 10.1 Å². The molecule has 2 rings (SSSR count). The van der Waals surface area contributed by atoms with Gasteiger partial charge in [-0.2, -0.15) is 9.90 Å². The molecular weight excluding hydrogens is 208 g/mol. The number of nitro groups is 1. The monoisotopic (exact) mass is 216 g/mol. The van der Waals surface area contributed by atoms with E-state index < -0.39 is 4.92 Å². The van der Waals surface area contributed by atoms with Crippen LogP contribution in [0.5, 0.6) is 0 Å². The highest BCUT2D eigenvalue weighted by molar-refractivity contribution is 5.41. The summed E-state index contributed by atoms with van der Waals surface area (Å²) in [4.78, 5) is 11.0. The fraction of sp³-hybridized carbons (Fsp3) is 0. The van der Waals surface area contributed by atoms with Gasteiger partial charge in [0, 0.05) is 6.08 Å². The molecule has 2 aromatic rings. The van der Waals surface area contributed by atoms with Gasteiger partial charge in [-0.15, -0.1) is 5.10 Å². The molecular formula is C10H8N4O2. The number of hydrogen-bond donors (Lipinski definition) is 0. The lowest BCUT2D eigenvalue weighted by Gasteiger charge is -1.96. The Hall–Kier alpha value is -2.50. The van der Waals surface area contributed by atoms with E-state index in [0.29, 0.717) is 5.69 Å². The summed E-state index contributed by atoms with van der Waals surface area (Å²) in [5.41, 5.74) is 1.25. The summed E-state index contributed by atoms with van der Waals surface area (Å²) in [6, 6.07) is 9.32. The minimum absolute atomic E-state index is 0.445. The highest BCUT2D eigenvalue weighted by atomic mass is 16.6. The molecule has 80 valence electrons. The van der Waals surface area contributed by atoms with E-state index >= 15 is 0 Å². The lowest BCUT2D eigenvalue weighted by Crippen LogP contribution is -1.97. The summed E-state index contributed by atoms with van der Waals surface area (Å²) < 4.78 is 0. The lowest BCUT2D eigenvalue weighted by atomic mass is 10.3. The van der Waals surface area contributed by atoms with Gasteiger partial charge in [0.15, 0.2) is 0 Å². The van der Waals surface area contributed by atoms with Gasteiger partial charge in [-0.1, -0.05) is 18.2 Å². The summed E-state index contributed by atoms with van der Waals surface area (Å²) >= 11 is 0. The first-order chi connectivity index (χ1) is 7.75. The molecule has 0 aliphatic carbocycles. The van der Waals surface area contributed by atoms with Gasteiger partial charge >= 0.3 is 0 Å². The van der Waals surface area contributed by atoms with Crippen molar-refractivity contribution in [2.75, 3.05) is 0 Å². The quantitative estimate of drug-likeness (QED) is 0.575. The molecule has 0 fully saturated rings. The van der Waals surface area contributed by atoms with Crippen molar-refractivity contribution in [2.24, 2.45) is 0 Å². The highest BCUT2D eigenvalue weighted by Crippen LogP contribution is 2.04. The average Bonchev–Trinajstić information content (AvgIpc) is 2.76. The Kier molecular flexibility index (Phi) is 2.73. The predicted molar refractivity (Wildman–Crippen MR) is 57.4 cm³/mol. The maximum Gasteiger partial charge on any atom is 0.236 e. The van der Waals surface area contributed by atoms with E-state index in [1.54, 1.807) is 0 Å². The van der Waals surface area contributed by atoms with Gasteiger partial charge in [0.1, 0.15) is 5.69 Å². The van der Waals surface area contributed by atoms with Crippen molar-refractivity contribution in [3.8, 4) is 5.69 Å². The third-order valence-electron chi connectivity index (χ3n) is 1.86. The van der Waals surface area contributed by atoms with E-state index in [1.165, 1.54) is 17.1 Å². The maximum atomic E-state index is 10.1. The maximum absolute atomic E-state index is 10.1. The van der Waals surface area contributed by atoms with Crippen molar-refractivity contribution in [1.82, 2.24) is 15.0 Å². The van der Waals surface area contributed by atoms with Crippen molar-refractivity contribution in [3.63, 3.8) is 0 Å². The van der Waals surface area contributed by atoms with E-state index in [1.807, 2.05) is 30.3 Å². The molecule has 0 N–H and O–H groups in total. The summed E-state index contributed by atoms with van der Waals surface area (Å²) in [7, 11) is 0. The number of benzene rings is 1. The molecule has 0 saturated heterocycles. The van der Waals surface area contributed by atoms with Crippen molar-refractivity contribution in [2.45, 2.75) is 0 Å². The number of rotatable bonds is 3. The second-order valence-corrected chi connectivity index (χ2v) is 3.00. The first kappa shape index (κ1) is 10.0.